The zero-order valence-corrected chi connectivity index (χ0v) is 15.4. The average molecular weight is 350 g/mol. The Morgan fingerprint density at radius 1 is 1.33 bits per heavy atom. The highest BCUT2D eigenvalue weighted by Gasteiger charge is 2.19. The van der Waals surface area contributed by atoms with E-state index in [1.807, 2.05) is 13.0 Å². The number of thiocarbonyl (C=S) groups is 1. The first-order valence-electron chi connectivity index (χ1n) is 8.87. The van der Waals surface area contributed by atoms with Crippen LogP contribution in [-0.2, 0) is 4.74 Å². The topological polar surface area (TPSA) is 62.3 Å². The number of nitrogens with zero attached hydrogens (tertiary/aromatic N) is 3. The molecule has 2 N–H and O–H groups in total. The third-order valence-electron chi connectivity index (χ3n) is 4.69. The van der Waals surface area contributed by atoms with Gasteiger partial charge in [-0.05, 0) is 50.7 Å². The van der Waals surface area contributed by atoms with Crippen LogP contribution in [0.25, 0.3) is 0 Å². The summed E-state index contributed by atoms with van der Waals surface area (Å²) >= 11 is 5.36. The van der Waals surface area contributed by atoms with Gasteiger partial charge in [-0.15, -0.1) is 0 Å². The molecule has 0 saturated carbocycles. The van der Waals surface area contributed by atoms with Gasteiger partial charge in [-0.3, -0.25) is 0 Å². The Hall–Kier alpha value is -1.47. The summed E-state index contributed by atoms with van der Waals surface area (Å²) in [5.41, 5.74) is 0.947. The summed E-state index contributed by atoms with van der Waals surface area (Å²) in [6, 6.07) is 2.05. The van der Waals surface area contributed by atoms with Crippen LogP contribution in [0.3, 0.4) is 0 Å². The van der Waals surface area contributed by atoms with E-state index in [1.165, 1.54) is 12.8 Å². The fourth-order valence-corrected chi connectivity index (χ4v) is 3.34. The number of rotatable bonds is 4. The molecule has 0 aliphatic carbocycles. The maximum absolute atomic E-state index is 5.59. The fourth-order valence-electron chi connectivity index (χ4n) is 3.17. The molecular weight excluding hydrogens is 322 g/mol. The van der Waals surface area contributed by atoms with E-state index in [-0.39, 0.29) is 6.10 Å². The van der Waals surface area contributed by atoms with Crippen LogP contribution >= 0.6 is 12.2 Å². The molecule has 2 fully saturated rings. The third-order valence-corrected chi connectivity index (χ3v) is 4.93. The molecule has 132 valence electrons. The lowest BCUT2D eigenvalue weighted by Gasteiger charge is -2.31. The van der Waals surface area contributed by atoms with Gasteiger partial charge >= 0.3 is 0 Å². The Morgan fingerprint density at radius 3 is 2.83 bits per heavy atom. The smallest absolute Gasteiger partial charge is 0.231 e. The molecule has 7 heteroatoms. The molecule has 3 rings (SSSR count). The lowest BCUT2D eigenvalue weighted by atomic mass is 9.99. The number of nitrogens with one attached hydrogen (secondary N) is 2. The molecule has 0 aromatic carbocycles. The molecule has 2 aliphatic heterocycles. The van der Waals surface area contributed by atoms with Gasteiger partial charge in [0.2, 0.25) is 5.95 Å². The quantitative estimate of drug-likeness (QED) is 0.810. The largest absolute Gasteiger partial charge is 0.376 e. The standard InChI is InChI=1S/C17H27N5OS/c1-12-5-7-22(8-6-12)15-10-13(2)19-16(20-15)21-17(24)18-11-14-4-3-9-23-14/h10,12,14H,3-9,11H2,1-2H3,(H2,18,19,20,21,24). The molecule has 0 radical (unpaired) electrons. The molecule has 0 amide bonds. The number of hydrogen-bond donors (Lipinski definition) is 2. The van der Waals surface area contributed by atoms with Gasteiger partial charge in [0.15, 0.2) is 5.11 Å². The number of hydrogen-bond acceptors (Lipinski definition) is 5. The van der Waals surface area contributed by atoms with Crippen LogP contribution in [-0.4, -0.2) is 47.4 Å². The Labute approximate surface area is 149 Å². The van der Waals surface area contributed by atoms with Gasteiger partial charge in [0.05, 0.1) is 6.10 Å². The highest BCUT2D eigenvalue weighted by atomic mass is 32.1. The highest BCUT2D eigenvalue weighted by molar-refractivity contribution is 7.80. The maximum Gasteiger partial charge on any atom is 0.231 e. The van der Waals surface area contributed by atoms with Crippen LogP contribution < -0.4 is 15.5 Å². The summed E-state index contributed by atoms with van der Waals surface area (Å²) in [6.45, 7) is 8.00. The van der Waals surface area contributed by atoms with Crippen molar-refractivity contribution in [3.8, 4) is 0 Å². The van der Waals surface area contributed by atoms with Gasteiger partial charge in [0.1, 0.15) is 5.82 Å². The minimum atomic E-state index is 0.258. The first-order valence-corrected chi connectivity index (χ1v) is 9.28. The SMILES string of the molecule is Cc1cc(N2CCC(C)CC2)nc(NC(=S)NCC2CCCO2)n1. The van der Waals surface area contributed by atoms with Crippen LogP contribution in [0.2, 0.25) is 0 Å². The summed E-state index contributed by atoms with van der Waals surface area (Å²) in [4.78, 5) is 11.4. The summed E-state index contributed by atoms with van der Waals surface area (Å²) in [7, 11) is 0. The molecule has 24 heavy (non-hydrogen) atoms. The molecule has 3 heterocycles. The Balaban J connectivity index is 1.57. The van der Waals surface area contributed by atoms with Gasteiger partial charge in [0.25, 0.3) is 0 Å². The van der Waals surface area contributed by atoms with E-state index >= 15 is 0 Å². The Kier molecular flexibility index (Phi) is 5.84. The van der Waals surface area contributed by atoms with Crippen LogP contribution in [0, 0.1) is 12.8 Å². The summed E-state index contributed by atoms with van der Waals surface area (Å²) in [5.74, 6) is 2.35. The van der Waals surface area contributed by atoms with Crippen molar-refractivity contribution in [2.24, 2.45) is 5.92 Å². The minimum absolute atomic E-state index is 0.258. The van der Waals surface area contributed by atoms with Crippen molar-refractivity contribution in [2.75, 3.05) is 36.5 Å². The van der Waals surface area contributed by atoms with Crippen LogP contribution in [0.5, 0.6) is 0 Å². The van der Waals surface area contributed by atoms with E-state index in [4.69, 9.17) is 17.0 Å². The predicted octanol–water partition coefficient (Wildman–Crippen LogP) is 2.49. The molecule has 1 unspecified atom stereocenters. The molecule has 0 bridgehead atoms. The van der Waals surface area contributed by atoms with Gasteiger partial charge in [-0.1, -0.05) is 6.92 Å². The summed E-state index contributed by atoms with van der Waals surface area (Å²) in [6.07, 6.45) is 4.91. The normalized spacial score (nSPS) is 21.8. The zero-order chi connectivity index (χ0) is 16.9. The number of aryl methyl sites for hydroxylation is 1. The average Bonchev–Trinajstić information content (AvgIpc) is 3.06. The van der Waals surface area contributed by atoms with Crippen molar-refractivity contribution in [1.29, 1.82) is 0 Å². The third kappa shape index (κ3) is 4.77. The van der Waals surface area contributed by atoms with Crippen LogP contribution in [0.1, 0.15) is 38.3 Å². The van der Waals surface area contributed by atoms with Crippen molar-refractivity contribution in [2.45, 2.75) is 45.6 Å². The first-order chi connectivity index (χ1) is 11.6. The number of piperidine rings is 1. The summed E-state index contributed by atoms with van der Waals surface area (Å²) in [5, 5.41) is 6.86. The van der Waals surface area contributed by atoms with Crippen molar-refractivity contribution in [3.05, 3.63) is 11.8 Å². The number of anilines is 2. The molecule has 1 aromatic rings. The summed E-state index contributed by atoms with van der Waals surface area (Å²) < 4.78 is 5.59. The van der Waals surface area contributed by atoms with E-state index in [9.17, 15) is 0 Å². The van der Waals surface area contributed by atoms with E-state index in [1.54, 1.807) is 0 Å². The minimum Gasteiger partial charge on any atom is -0.376 e. The second-order valence-electron chi connectivity index (χ2n) is 6.83. The van der Waals surface area contributed by atoms with Crippen molar-refractivity contribution in [1.82, 2.24) is 15.3 Å². The second-order valence-corrected chi connectivity index (χ2v) is 7.24. The van der Waals surface area contributed by atoms with E-state index in [2.05, 4.69) is 32.4 Å². The van der Waals surface area contributed by atoms with Gasteiger partial charge < -0.3 is 20.3 Å². The van der Waals surface area contributed by atoms with Crippen molar-refractivity contribution >= 4 is 29.1 Å². The number of ether oxygens (including phenoxy) is 1. The second kappa shape index (κ2) is 8.07. The van der Waals surface area contributed by atoms with Crippen molar-refractivity contribution < 1.29 is 4.74 Å². The van der Waals surface area contributed by atoms with Gasteiger partial charge in [-0.2, -0.15) is 4.98 Å². The molecule has 0 spiro atoms. The fraction of sp³-hybridized carbons (Fsp3) is 0.706. The lowest BCUT2D eigenvalue weighted by Crippen LogP contribution is -2.36. The predicted molar refractivity (Wildman–Crippen MR) is 101 cm³/mol. The molecule has 2 aliphatic rings. The molecule has 2 saturated heterocycles. The number of aromatic nitrogens is 2. The van der Waals surface area contributed by atoms with Crippen molar-refractivity contribution in [3.63, 3.8) is 0 Å². The highest BCUT2D eigenvalue weighted by Crippen LogP contribution is 2.22. The molecule has 6 nitrogen and oxygen atoms in total. The zero-order valence-electron chi connectivity index (χ0n) is 14.5. The van der Waals surface area contributed by atoms with Gasteiger partial charge in [-0.25, -0.2) is 4.98 Å². The Bertz CT molecular complexity index is 568. The van der Waals surface area contributed by atoms with E-state index in [0.717, 1.165) is 56.5 Å². The lowest BCUT2D eigenvalue weighted by molar-refractivity contribution is 0.114. The van der Waals surface area contributed by atoms with E-state index in [0.29, 0.717) is 11.1 Å². The molecule has 1 atom stereocenters. The van der Waals surface area contributed by atoms with Crippen LogP contribution in [0.15, 0.2) is 6.07 Å². The first kappa shape index (κ1) is 17.4. The molecule has 1 aromatic heterocycles. The van der Waals surface area contributed by atoms with E-state index < -0.39 is 0 Å². The van der Waals surface area contributed by atoms with Gasteiger partial charge in [0, 0.05) is 38.0 Å². The Morgan fingerprint density at radius 2 is 2.12 bits per heavy atom. The monoisotopic (exact) mass is 349 g/mol. The maximum atomic E-state index is 5.59. The van der Waals surface area contributed by atoms with Crippen LogP contribution in [0.4, 0.5) is 11.8 Å². The molecular formula is C17H27N5OS.